The molecule has 0 bridgehead atoms. The van der Waals surface area contributed by atoms with E-state index in [0.29, 0.717) is 6.54 Å². The molecule has 1 aliphatic heterocycles. The lowest BCUT2D eigenvalue weighted by Gasteiger charge is -2.50. The second-order valence-corrected chi connectivity index (χ2v) is 10.7. The third kappa shape index (κ3) is 3.52. The Labute approximate surface area is 212 Å². The Morgan fingerprint density at radius 2 is 1.86 bits per heavy atom. The first kappa shape index (κ1) is 25.4. The van der Waals surface area contributed by atoms with Crippen LogP contribution in [0.25, 0.3) is 5.76 Å². The van der Waals surface area contributed by atoms with Crippen LogP contribution in [0.1, 0.15) is 36.0 Å². The summed E-state index contributed by atoms with van der Waals surface area (Å²) in [7, 11) is 3.05. The van der Waals surface area contributed by atoms with E-state index in [1.165, 1.54) is 25.1 Å². The van der Waals surface area contributed by atoms with Gasteiger partial charge in [-0.25, -0.2) is 4.39 Å². The van der Waals surface area contributed by atoms with Crippen molar-refractivity contribution >= 4 is 23.2 Å². The number of Topliss-reactive ketones (excluding diaryl/α,β-unsaturated/α-hetero) is 2. The van der Waals surface area contributed by atoms with Crippen molar-refractivity contribution in [1.29, 1.82) is 0 Å². The van der Waals surface area contributed by atoms with Crippen molar-refractivity contribution in [3.63, 3.8) is 0 Å². The molecule has 0 unspecified atom stereocenters. The summed E-state index contributed by atoms with van der Waals surface area (Å²) in [5.74, 6) is -8.08. The van der Waals surface area contributed by atoms with Gasteiger partial charge in [0.25, 0.3) is 5.91 Å². The van der Waals surface area contributed by atoms with E-state index in [9.17, 15) is 34.8 Å². The standard InChI is InChI=1S/C26H30FN3O7/c1-29(2)20-14-8-11-7-13-17(15(31)9-12(19(13)27)10-30-5-3-4-6-30)21(32)16(11)23(34)26(14,37)24(35)18(22(20)33)25(28)36/h9,11,14,20,31-32,35,37H,3-8,10H2,1-2H3,(H2,28,36)/t11-,14-,20-,26-/m0/s1. The number of carbonyl (C=O) groups is 3. The Hall–Kier alpha value is -3.28. The van der Waals surface area contributed by atoms with Gasteiger partial charge in [0.2, 0.25) is 5.78 Å². The number of hydrogen-bond donors (Lipinski definition) is 5. The number of nitrogens with two attached hydrogens (primary N) is 1. The van der Waals surface area contributed by atoms with Crippen molar-refractivity contribution in [2.45, 2.75) is 43.9 Å². The summed E-state index contributed by atoms with van der Waals surface area (Å²) in [6.45, 7) is 1.92. The lowest BCUT2D eigenvalue weighted by Crippen LogP contribution is -2.65. The van der Waals surface area contributed by atoms with Crippen LogP contribution in [0.3, 0.4) is 0 Å². The molecule has 4 atom stereocenters. The number of phenols is 1. The Balaban J connectivity index is 1.66. The molecule has 2 fully saturated rings. The summed E-state index contributed by atoms with van der Waals surface area (Å²) >= 11 is 0. The topological polar surface area (TPSA) is 165 Å². The van der Waals surface area contributed by atoms with E-state index < -0.39 is 69.6 Å². The van der Waals surface area contributed by atoms with Gasteiger partial charge in [-0.2, -0.15) is 0 Å². The molecule has 6 N–H and O–H groups in total. The van der Waals surface area contributed by atoms with Crippen molar-refractivity contribution in [3.05, 3.63) is 45.5 Å². The Kier molecular flexibility index (Phi) is 5.93. The zero-order chi connectivity index (χ0) is 27.0. The lowest BCUT2D eigenvalue weighted by molar-refractivity contribution is -0.153. The van der Waals surface area contributed by atoms with E-state index in [1.54, 1.807) is 0 Å². The van der Waals surface area contributed by atoms with Gasteiger partial charge in [0.05, 0.1) is 11.6 Å². The number of hydrogen-bond acceptors (Lipinski definition) is 9. The van der Waals surface area contributed by atoms with Crippen LogP contribution in [0.4, 0.5) is 4.39 Å². The summed E-state index contributed by atoms with van der Waals surface area (Å²) in [4.78, 5) is 42.4. The molecule has 0 spiro atoms. The molecule has 5 rings (SSSR count). The molecule has 198 valence electrons. The highest BCUT2D eigenvalue weighted by Gasteiger charge is 2.64. The number of nitrogens with zero attached hydrogens (tertiary/aromatic N) is 2. The zero-order valence-corrected chi connectivity index (χ0v) is 20.6. The molecule has 3 aliphatic carbocycles. The average Bonchev–Trinajstić information content (AvgIpc) is 3.32. The predicted octanol–water partition coefficient (Wildman–Crippen LogP) is 0.699. The first-order valence-electron chi connectivity index (χ1n) is 12.3. The minimum Gasteiger partial charge on any atom is -0.508 e. The molecule has 1 saturated carbocycles. The highest BCUT2D eigenvalue weighted by Crippen LogP contribution is 2.53. The number of likely N-dealkylation sites (N-methyl/N-ethyl adjacent to an activating group) is 1. The van der Waals surface area contributed by atoms with Crippen molar-refractivity contribution in [2.75, 3.05) is 27.2 Å². The Morgan fingerprint density at radius 3 is 2.46 bits per heavy atom. The molecule has 1 aromatic carbocycles. The van der Waals surface area contributed by atoms with Gasteiger partial charge in [0.15, 0.2) is 11.4 Å². The first-order chi connectivity index (χ1) is 17.4. The van der Waals surface area contributed by atoms with Gasteiger partial charge < -0.3 is 26.2 Å². The quantitative estimate of drug-likeness (QED) is 0.363. The number of halogens is 1. The minimum atomic E-state index is -2.71. The second-order valence-electron chi connectivity index (χ2n) is 10.7. The van der Waals surface area contributed by atoms with Crippen LogP contribution in [0, 0.1) is 17.7 Å². The average molecular weight is 516 g/mol. The number of benzene rings is 1. The minimum absolute atomic E-state index is 0.0554. The van der Waals surface area contributed by atoms with E-state index in [2.05, 4.69) is 4.90 Å². The summed E-state index contributed by atoms with van der Waals surface area (Å²) in [6.07, 6.45) is 1.86. The molecule has 11 heteroatoms. The van der Waals surface area contributed by atoms with Crippen LogP contribution in [0.15, 0.2) is 23.0 Å². The summed E-state index contributed by atoms with van der Waals surface area (Å²) < 4.78 is 15.7. The molecule has 0 aromatic heterocycles. The van der Waals surface area contributed by atoms with E-state index in [4.69, 9.17) is 5.73 Å². The maximum absolute atomic E-state index is 15.7. The number of aliphatic hydroxyl groups is 3. The number of phenolic OH excluding ortho intramolecular Hbond substituents is 1. The van der Waals surface area contributed by atoms with Gasteiger partial charge in [-0.15, -0.1) is 0 Å². The van der Waals surface area contributed by atoms with E-state index in [-0.39, 0.29) is 35.1 Å². The molecule has 10 nitrogen and oxygen atoms in total. The number of aliphatic hydroxyl groups excluding tert-OH is 2. The summed E-state index contributed by atoms with van der Waals surface area (Å²) in [6, 6.07) is 0.0513. The first-order valence-corrected chi connectivity index (χ1v) is 12.3. The smallest absolute Gasteiger partial charge is 0.255 e. The van der Waals surface area contributed by atoms with Crippen LogP contribution in [-0.2, 0) is 27.3 Å². The van der Waals surface area contributed by atoms with Crippen molar-refractivity contribution in [3.8, 4) is 5.75 Å². The SMILES string of the molecule is CN(C)[C@@H]1C(=O)C(C(N)=O)=C(O)[C@@]2(O)C(=O)C3=C(O)c4c(O)cc(CN5CCCC5)c(F)c4C[C@H]3C[C@@H]12. The highest BCUT2D eigenvalue weighted by molar-refractivity contribution is 6.24. The number of rotatable bonds is 4. The third-order valence-corrected chi connectivity index (χ3v) is 8.32. The normalized spacial score (nSPS) is 30.0. The largest absolute Gasteiger partial charge is 0.508 e. The monoisotopic (exact) mass is 515 g/mol. The molecular formula is C26H30FN3O7. The number of amides is 1. The van der Waals surface area contributed by atoms with Gasteiger partial charge in [0, 0.05) is 29.2 Å². The summed E-state index contributed by atoms with van der Waals surface area (Å²) in [5, 5.41) is 44.3. The van der Waals surface area contributed by atoms with Gasteiger partial charge in [-0.05, 0) is 64.9 Å². The number of ketones is 2. The van der Waals surface area contributed by atoms with E-state index in [0.717, 1.165) is 25.9 Å². The summed E-state index contributed by atoms with van der Waals surface area (Å²) in [5.41, 5.74) is 1.52. The molecular weight excluding hydrogens is 485 g/mol. The van der Waals surface area contributed by atoms with Crippen LogP contribution in [0.2, 0.25) is 0 Å². The number of aromatic hydroxyl groups is 1. The number of primary amides is 1. The van der Waals surface area contributed by atoms with Gasteiger partial charge in [-0.3, -0.25) is 24.2 Å². The van der Waals surface area contributed by atoms with E-state index in [1.807, 2.05) is 0 Å². The maximum atomic E-state index is 15.7. The van der Waals surface area contributed by atoms with Crippen LogP contribution in [-0.4, -0.2) is 86.5 Å². The van der Waals surface area contributed by atoms with Crippen LogP contribution in [0.5, 0.6) is 5.75 Å². The fourth-order valence-corrected chi connectivity index (χ4v) is 6.64. The van der Waals surface area contributed by atoms with Crippen molar-refractivity contribution in [1.82, 2.24) is 9.80 Å². The number of carbonyl (C=O) groups excluding carboxylic acids is 3. The van der Waals surface area contributed by atoms with Gasteiger partial charge in [-0.1, -0.05) is 0 Å². The number of likely N-dealkylation sites (tertiary alicyclic amines) is 1. The van der Waals surface area contributed by atoms with Gasteiger partial charge >= 0.3 is 0 Å². The highest BCUT2D eigenvalue weighted by atomic mass is 19.1. The number of fused-ring (bicyclic) bond motifs is 3. The molecule has 37 heavy (non-hydrogen) atoms. The van der Waals surface area contributed by atoms with Gasteiger partial charge in [0.1, 0.15) is 28.7 Å². The molecule has 0 radical (unpaired) electrons. The molecule has 1 amide bonds. The van der Waals surface area contributed by atoms with E-state index >= 15 is 4.39 Å². The second kappa shape index (κ2) is 8.64. The zero-order valence-electron chi connectivity index (χ0n) is 20.6. The van der Waals surface area contributed by atoms with Crippen molar-refractivity contribution < 1.29 is 39.2 Å². The maximum Gasteiger partial charge on any atom is 0.255 e. The Morgan fingerprint density at radius 1 is 1.22 bits per heavy atom. The van der Waals surface area contributed by atoms with Crippen LogP contribution < -0.4 is 5.73 Å². The molecule has 1 saturated heterocycles. The fraction of sp³-hybridized carbons (Fsp3) is 0.500. The molecule has 1 heterocycles. The van der Waals surface area contributed by atoms with Crippen molar-refractivity contribution in [2.24, 2.45) is 17.6 Å². The molecule has 1 aromatic rings. The molecule has 4 aliphatic rings. The fourth-order valence-electron chi connectivity index (χ4n) is 6.64. The van der Waals surface area contributed by atoms with Crippen LogP contribution >= 0.6 is 0 Å². The Bertz CT molecular complexity index is 1300. The lowest BCUT2D eigenvalue weighted by atomic mass is 9.57. The third-order valence-electron chi connectivity index (χ3n) is 8.32. The predicted molar refractivity (Wildman–Crippen MR) is 129 cm³/mol.